The molecule has 156 valence electrons. The first-order chi connectivity index (χ1) is 13.4. The van der Waals surface area contributed by atoms with Crippen LogP contribution in [0.4, 0.5) is 18.9 Å². The molecule has 1 unspecified atom stereocenters. The molecule has 2 saturated heterocycles. The first kappa shape index (κ1) is 20.8. The van der Waals surface area contributed by atoms with Crippen LogP contribution in [0.15, 0.2) is 29.3 Å². The number of nitrogens with one attached hydrogen (secondary N) is 1. The van der Waals surface area contributed by atoms with Crippen molar-refractivity contribution in [3.8, 4) is 0 Å². The minimum Gasteiger partial charge on any atom is -0.368 e. The number of piperidine rings is 1. The van der Waals surface area contributed by atoms with E-state index in [0.717, 1.165) is 38.2 Å². The van der Waals surface area contributed by atoms with Crippen molar-refractivity contribution in [2.75, 3.05) is 64.8 Å². The third-order valence-corrected chi connectivity index (χ3v) is 5.60. The second kappa shape index (κ2) is 9.03. The van der Waals surface area contributed by atoms with Gasteiger partial charge in [0.2, 0.25) is 0 Å². The van der Waals surface area contributed by atoms with E-state index in [9.17, 15) is 13.2 Å². The Bertz CT molecular complexity index is 668. The molecule has 0 amide bonds. The molecule has 1 aromatic rings. The molecule has 1 N–H and O–H groups in total. The van der Waals surface area contributed by atoms with Gasteiger partial charge in [0.15, 0.2) is 5.96 Å². The Hall–Kier alpha value is -1.96. The minimum atomic E-state index is -4.31. The van der Waals surface area contributed by atoms with Crippen molar-refractivity contribution >= 4 is 11.6 Å². The lowest BCUT2D eigenvalue weighted by atomic mass is 9.98. The molecule has 0 bridgehead atoms. The Kier molecular flexibility index (Phi) is 6.69. The third kappa shape index (κ3) is 5.31. The number of nitrogens with zero attached hydrogens (tertiary/aromatic N) is 4. The molecule has 3 rings (SSSR count). The third-order valence-electron chi connectivity index (χ3n) is 5.60. The normalized spacial score (nSPS) is 22.5. The molecule has 0 aliphatic carbocycles. The lowest BCUT2D eigenvalue weighted by Crippen LogP contribution is -2.53. The predicted octanol–water partition coefficient (Wildman–Crippen LogP) is 2.74. The van der Waals surface area contributed by atoms with Crippen LogP contribution < -0.4 is 10.2 Å². The molecule has 2 aliphatic rings. The van der Waals surface area contributed by atoms with Crippen molar-refractivity contribution in [1.82, 2.24) is 15.1 Å². The van der Waals surface area contributed by atoms with Crippen LogP contribution in [0, 0.1) is 5.92 Å². The molecule has 1 aromatic carbocycles. The fourth-order valence-corrected chi connectivity index (χ4v) is 4.06. The van der Waals surface area contributed by atoms with E-state index in [2.05, 4.69) is 27.2 Å². The van der Waals surface area contributed by atoms with Crippen molar-refractivity contribution in [2.45, 2.75) is 19.0 Å². The lowest BCUT2D eigenvalue weighted by molar-refractivity contribution is -0.137. The second-order valence-electron chi connectivity index (χ2n) is 7.72. The largest absolute Gasteiger partial charge is 0.416 e. The maximum absolute atomic E-state index is 13.0. The number of aliphatic imine (C=N–C) groups is 1. The van der Waals surface area contributed by atoms with Gasteiger partial charge < -0.3 is 20.0 Å². The predicted molar refractivity (Wildman–Crippen MR) is 107 cm³/mol. The summed E-state index contributed by atoms with van der Waals surface area (Å²) in [6.45, 7) is 6.00. The molecule has 2 aliphatic heterocycles. The summed E-state index contributed by atoms with van der Waals surface area (Å²) in [4.78, 5) is 11.0. The van der Waals surface area contributed by atoms with Gasteiger partial charge in [0.25, 0.3) is 0 Å². The van der Waals surface area contributed by atoms with Crippen LogP contribution in [0.3, 0.4) is 0 Å². The maximum Gasteiger partial charge on any atom is 0.416 e. The van der Waals surface area contributed by atoms with Crippen LogP contribution in [0.25, 0.3) is 0 Å². The molecule has 0 radical (unpaired) electrons. The van der Waals surface area contributed by atoms with Gasteiger partial charge in [0, 0.05) is 52.0 Å². The number of hydrogen-bond donors (Lipinski definition) is 1. The topological polar surface area (TPSA) is 34.1 Å². The number of guanidine groups is 1. The summed E-state index contributed by atoms with van der Waals surface area (Å²) in [5.41, 5.74) is 0.0324. The van der Waals surface area contributed by atoms with Crippen molar-refractivity contribution in [3.63, 3.8) is 0 Å². The number of hydrogen-bond acceptors (Lipinski definition) is 3. The van der Waals surface area contributed by atoms with Crippen LogP contribution in [0.5, 0.6) is 0 Å². The van der Waals surface area contributed by atoms with Gasteiger partial charge in [-0.2, -0.15) is 13.2 Å². The Morgan fingerprint density at radius 3 is 2.57 bits per heavy atom. The summed E-state index contributed by atoms with van der Waals surface area (Å²) in [5.74, 6) is 1.51. The van der Waals surface area contributed by atoms with Gasteiger partial charge in [0.05, 0.1) is 5.56 Å². The zero-order chi connectivity index (χ0) is 20.1. The summed E-state index contributed by atoms with van der Waals surface area (Å²) in [6, 6.07) is 5.58. The van der Waals surface area contributed by atoms with Crippen LogP contribution in [0.1, 0.15) is 18.4 Å². The number of piperazine rings is 1. The van der Waals surface area contributed by atoms with Gasteiger partial charge in [-0.05, 0) is 50.6 Å². The molecule has 0 saturated carbocycles. The van der Waals surface area contributed by atoms with E-state index < -0.39 is 11.7 Å². The monoisotopic (exact) mass is 397 g/mol. The fourth-order valence-electron chi connectivity index (χ4n) is 4.06. The molecule has 5 nitrogen and oxygen atoms in total. The first-order valence-corrected chi connectivity index (χ1v) is 9.93. The maximum atomic E-state index is 13.0. The second-order valence-corrected chi connectivity index (χ2v) is 7.72. The van der Waals surface area contributed by atoms with Crippen molar-refractivity contribution < 1.29 is 13.2 Å². The van der Waals surface area contributed by atoms with Crippen LogP contribution in [-0.2, 0) is 6.18 Å². The number of rotatable bonds is 3. The molecule has 0 aromatic heterocycles. The number of benzene rings is 1. The highest BCUT2D eigenvalue weighted by Gasteiger charge is 2.31. The number of halogens is 3. The molecule has 8 heteroatoms. The number of anilines is 1. The Labute approximate surface area is 165 Å². The van der Waals surface area contributed by atoms with E-state index in [1.54, 1.807) is 13.1 Å². The fraction of sp³-hybridized carbons (Fsp3) is 0.650. The average molecular weight is 397 g/mol. The lowest BCUT2D eigenvalue weighted by Gasteiger charge is -2.38. The summed E-state index contributed by atoms with van der Waals surface area (Å²) < 4.78 is 38.9. The van der Waals surface area contributed by atoms with Crippen LogP contribution in [0.2, 0.25) is 0 Å². The standard InChI is InChI=1S/C20H30F3N5/c1-24-19(25-14-16-5-4-8-26(2)15-16)28-11-9-27(10-12-28)18-7-3-6-17(13-18)20(21,22)23/h3,6-7,13,16H,4-5,8-12,14-15H2,1-2H3,(H,24,25). The molecule has 2 fully saturated rings. The minimum absolute atomic E-state index is 0.595. The van der Waals surface area contributed by atoms with Gasteiger partial charge in [-0.15, -0.1) is 0 Å². The summed E-state index contributed by atoms with van der Waals surface area (Å²) in [6.07, 6.45) is -1.84. The molecular formula is C20H30F3N5. The number of alkyl halides is 3. The van der Waals surface area contributed by atoms with E-state index in [1.807, 2.05) is 4.90 Å². The van der Waals surface area contributed by atoms with Gasteiger partial charge in [-0.3, -0.25) is 4.99 Å². The quantitative estimate of drug-likeness (QED) is 0.628. The van der Waals surface area contributed by atoms with Crippen molar-refractivity contribution in [3.05, 3.63) is 29.8 Å². The highest BCUT2D eigenvalue weighted by atomic mass is 19.4. The SMILES string of the molecule is CN=C(NCC1CCCN(C)C1)N1CCN(c2cccc(C(F)(F)F)c2)CC1. The molecule has 28 heavy (non-hydrogen) atoms. The Morgan fingerprint density at radius 2 is 1.93 bits per heavy atom. The highest BCUT2D eigenvalue weighted by Crippen LogP contribution is 2.31. The summed E-state index contributed by atoms with van der Waals surface area (Å²) >= 11 is 0. The van der Waals surface area contributed by atoms with Gasteiger partial charge in [0.1, 0.15) is 0 Å². The van der Waals surface area contributed by atoms with E-state index in [1.165, 1.54) is 31.5 Å². The average Bonchev–Trinajstić information content (AvgIpc) is 2.68. The smallest absolute Gasteiger partial charge is 0.368 e. The van der Waals surface area contributed by atoms with Crippen molar-refractivity contribution in [1.29, 1.82) is 0 Å². The van der Waals surface area contributed by atoms with E-state index in [-0.39, 0.29) is 0 Å². The molecule has 1 atom stereocenters. The molecule has 2 heterocycles. The van der Waals surface area contributed by atoms with Gasteiger partial charge >= 0.3 is 6.18 Å². The van der Waals surface area contributed by atoms with Crippen LogP contribution >= 0.6 is 0 Å². The summed E-state index contributed by atoms with van der Waals surface area (Å²) in [7, 11) is 3.95. The molecular weight excluding hydrogens is 367 g/mol. The number of likely N-dealkylation sites (tertiary alicyclic amines) is 1. The zero-order valence-electron chi connectivity index (χ0n) is 16.7. The zero-order valence-corrected chi connectivity index (χ0v) is 16.7. The van der Waals surface area contributed by atoms with E-state index in [0.29, 0.717) is 24.7 Å². The highest BCUT2D eigenvalue weighted by molar-refractivity contribution is 5.80. The van der Waals surface area contributed by atoms with Gasteiger partial charge in [-0.25, -0.2) is 0 Å². The summed E-state index contributed by atoms with van der Waals surface area (Å²) in [5, 5.41) is 3.49. The van der Waals surface area contributed by atoms with Gasteiger partial charge in [-0.1, -0.05) is 6.07 Å². The van der Waals surface area contributed by atoms with E-state index >= 15 is 0 Å². The van der Waals surface area contributed by atoms with E-state index in [4.69, 9.17) is 0 Å². The Balaban J connectivity index is 1.52. The Morgan fingerprint density at radius 1 is 1.18 bits per heavy atom. The van der Waals surface area contributed by atoms with Crippen LogP contribution in [-0.4, -0.2) is 75.7 Å². The molecule has 0 spiro atoms. The van der Waals surface area contributed by atoms with Crippen molar-refractivity contribution in [2.24, 2.45) is 10.9 Å². The first-order valence-electron chi connectivity index (χ1n) is 9.93.